The Morgan fingerprint density at radius 2 is 1.57 bits per heavy atom. The van der Waals surface area contributed by atoms with Crippen molar-refractivity contribution in [3.63, 3.8) is 0 Å². The molecule has 4 heteroatoms. The summed E-state index contributed by atoms with van der Waals surface area (Å²) in [4.78, 5) is 0. The number of hydrogen-bond acceptors (Lipinski definition) is 2. The summed E-state index contributed by atoms with van der Waals surface area (Å²) in [5, 5.41) is 1.00. The summed E-state index contributed by atoms with van der Waals surface area (Å²) in [6.45, 7) is 1.87. The van der Waals surface area contributed by atoms with E-state index in [0.29, 0.717) is 0 Å². The maximum Gasteiger partial charge on any atom is 0.236 e. The van der Waals surface area contributed by atoms with Gasteiger partial charge >= 0.3 is 0 Å². The summed E-state index contributed by atoms with van der Waals surface area (Å²) >= 11 is 0. The molecule has 0 saturated heterocycles. The van der Waals surface area contributed by atoms with Gasteiger partial charge in [-0.15, -0.1) is 0 Å². The molecule has 3 nitrogen and oxygen atoms in total. The van der Waals surface area contributed by atoms with E-state index in [4.69, 9.17) is 0 Å². The van der Waals surface area contributed by atoms with E-state index >= 15 is 0 Å². The van der Waals surface area contributed by atoms with E-state index in [1.54, 1.807) is 0 Å². The van der Waals surface area contributed by atoms with Crippen LogP contribution in [0.4, 0.5) is 0 Å². The van der Waals surface area contributed by atoms with Crippen molar-refractivity contribution in [2.24, 2.45) is 0 Å². The summed E-state index contributed by atoms with van der Waals surface area (Å²) < 4.78 is 25.6. The minimum Gasteiger partial charge on any atom is -0.242 e. The standard InChI is InChI=1S/C17H17NO2S/c1-13-16(12-14-8-4-3-5-9-14)15-10-6-7-11-17(15)18(13)21(2,19)20/h3-11H,12H2,1-2H3. The van der Waals surface area contributed by atoms with Crippen LogP contribution in [-0.4, -0.2) is 18.6 Å². The van der Waals surface area contributed by atoms with Gasteiger partial charge in [-0.1, -0.05) is 48.5 Å². The average molecular weight is 299 g/mol. The van der Waals surface area contributed by atoms with E-state index in [0.717, 1.165) is 28.6 Å². The molecule has 1 aromatic heterocycles. The zero-order valence-electron chi connectivity index (χ0n) is 12.1. The van der Waals surface area contributed by atoms with Crippen molar-refractivity contribution < 1.29 is 8.42 Å². The Labute approximate surface area is 124 Å². The molecule has 0 radical (unpaired) electrons. The number of fused-ring (bicyclic) bond motifs is 1. The van der Waals surface area contributed by atoms with Gasteiger partial charge < -0.3 is 0 Å². The summed E-state index contributed by atoms with van der Waals surface area (Å²) in [5.41, 5.74) is 3.80. The van der Waals surface area contributed by atoms with Gasteiger partial charge in [-0.2, -0.15) is 0 Å². The largest absolute Gasteiger partial charge is 0.242 e. The minimum atomic E-state index is -3.31. The Morgan fingerprint density at radius 3 is 2.24 bits per heavy atom. The summed E-state index contributed by atoms with van der Waals surface area (Å²) in [6, 6.07) is 17.8. The van der Waals surface area contributed by atoms with E-state index in [2.05, 4.69) is 12.1 Å². The van der Waals surface area contributed by atoms with E-state index < -0.39 is 10.0 Å². The molecule has 0 saturated carbocycles. The predicted molar refractivity (Wildman–Crippen MR) is 86.2 cm³/mol. The Morgan fingerprint density at radius 1 is 0.952 bits per heavy atom. The highest BCUT2D eigenvalue weighted by Crippen LogP contribution is 2.29. The van der Waals surface area contributed by atoms with Crippen molar-refractivity contribution in [2.75, 3.05) is 6.26 Å². The lowest BCUT2D eigenvalue weighted by Crippen LogP contribution is -2.11. The molecule has 1 heterocycles. The van der Waals surface area contributed by atoms with Crippen molar-refractivity contribution in [2.45, 2.75) is 13.3 Å². The Hall–Kier alpha value is -2.07. The second kappa shape index (κ2) is 5.04. The van der Waals surface area contributed by atoms with Crippen LogP contribution in [0.1, 0.15) is 16.8 Å². The normalized spacial score (nSPS) is 11.9. The zero-order chi connectivity index (χ0) is 15.0. The highest BCUT2D eigenvalue weighted by Gasteiger charge is 2.19. The van der Waals surface area contributed by atoms with Crippen molar-refractivity contribution >= 4 is 20.9 Å². The van der Waals surface area contributed by atoms with E-state index in [1.165, 1.54) is 15.8 Å². The number of hydrogen-bond donors (Lipinski definition) is 0. The highest BCUT2D eigenvalue weighted by molar-refractivity contribution is 7.89. The van der Waals surface area contributed by atoms with E-state index in [-0.39, 0.29) is 0 Å². The van der Waals surface area contributed by atoms with Gasteiger partial charge in [0.1, 0.15) is 0 Å². The van der Waals surface area contributed by atoms with Crippen LogP contribution in [0, 0.1) is 6.92 Å². The molecule has 3 aromatic rings. The number of para-hydroxylation sites is 1. The van der Waals surface area contributed by atoms with Crippen molar-refractivity contribution in [3.05, 3.63) is 71.4 Å². The van der Waals surface area contributed by atoms with Crippen molar-refractivity contribution in [3.8, 4) is 0 Å². The molecular weight excluding hydrogens is 282 g/mol. The third-order valence-electron chi connectivity index (χ3n) is 3.74. The SMILES string of the molecule is Cc1c(Cc2ccccc2)c2ccccc2n1S(C)(=O)=O. The fourth-order valence-electron chi connectivity index (χ4n) is 2.85. The third kappa shape index (κ3) is 2.47. The Kier molecular flexibility index (Phi) is 3.33. The monoisotopic (exact) mass is 299 g/mol. The van der Waals surface area contributed by atoms with E-state index in [1.807, 2.05) is 49.4 Å². The van der Waals surface area contributed by atoms with Crippen LogP contribution in [0.15, 0.2) is 54.6 Å². The maximum absolute atomic E-state index is 12.1. The lowest BCUT2D eigenvalue weighted by atomic mass is 10.0. The molecule has 0 bridgehead atoms. The first-order valence-corrected chi connectivity index (χ1v) is 8.66. The van der Waals surface area contributed by atoms with Crippen LogP contribution < -0.4 is 0 Å². The number of aromatic nitrogens is 1. The second-order valence-corrected chi connectivity index (χ2v) is 7.10. The number of rotatable bonds is 3. The van der Waals surface area contributed by atoms with Crippen LogP contribution in [-0.2, 0) is 16.4 Å². The van der Waals surface area contributed by atoms with Crippen LogP contribution in [0.5, 0.6) is 0 Å². The van der Waals surface area contributed by atoms with Crippen LogP contribution in [0.25, 0.3) is 10.9 Å². The van der Waals surface area contributed by atoms with Gasteiger partial charge in [-0.3, -0.25) is 0 Å². The van der Waals surface area contributed by atoms with Crippen molar-refractivity contribution in [1.82, 2.24) is 3.97 Å². The number of benzene rings is 2. The molecule has 0 aliphatic heterocycles. The zero-order valence-corrected chi connectivity index (χ0v) is 12.9. The van der Waals surface area contributed by atoms with Gasteiger partial charge in [0, 0.05) is 11.1 Å². The fraction of sp³-hybridized carbons (Fsp3) is 0.176. The molecule has 108 valence electrons. The molecule has 3 rings (SSSR count). The summed E-state index contributed by atoms with van der Waals surface area (Å²) in [6.07, 6.45) is 1.98. The van der Waals surface area contributed by atoms with Gasteiger partial charge in [0.05, 0.1) is 11.8 Å². The molecule has 0 fully saturated rings. The molecule has 0 aliphatic rings. The molecular formula is C17H17NO2S. The first kappa shape index (κ1) is 13.9. The molecule has 0 amide bonds. The first-order valence-electron chi connectivity index (χ1n) is 6.82. The second-order valence-electron chi connectivity index (χ2n) is 5.27. The molecule has 0 N–H and O–H groups in total. The number of nitrogens with zero attached hydrogens (tertiary/aromatic N) is 1. The van der Waals surface area contributed by atoms with Crippen LogP contribution >= 0.6 is 0 Å². The lowest BCUT2D eigenvalue weighted by Gasteiger charge is -2.06. The van der Waals surface area contributed by atoms with Gasteiger partial charge in [-0.25, -0.2) is 12.4 Å². The Balaban J connectivity index is 2.26. The molecule has 0 unspecified atom stereocenters. The Bertz CT molecular complexity index is 893. The molecule has 21 heavy (non-hydrogen) atoms. The first-order chi connectivity index (χ1) is 9.98. The molecule has 0 aliphatic carbocycles. The lowest BCUT2D eigenvalue weighted by molar-refractivity contribution is 0.594. The van der Waals surface area contributed by atoms with Crippen LogP contribution in [0.3, 0.4) is 0 Å². The summed E-state index contributed by atoms with van der Waals surface area (Å²) in [5.74, 6) is 0. The molecule has 0 spiro atoms. The van der Waals surface area contributed by atoms with Gasteiger partial charge in [-0.05, 0) is 30.5 Å². The highest BCUT2D eigenvalue weighted by atomic mass is 32.2. The third-order valence-corrected chi connectivity index (χ3v) is 4.88. The minimum absolute atomic E-state index is 0.732. The smallest absolute Gasteiger partial charge is 0.236 e. The average Bonchev–Trinajstić information content (AvgIpc) is 2.73. The predicted octanol–water partition coefficient (Wildman–Crippen LogP) is 3.35. The fourth-order valence-corrected chi connectivity index (χ4v) is 3.98. The van der Waals surface area contributed by atoms with Gasteiger partial charge in [0.2, 0.25) is 10.0 Å². The van der Waals surface area contributed by atoms with Gasteiger partial charge in [0.25, 0.3) is 0 Å². The van der Waals surface area contributed by atoms with Crippen molar-refractivity contribution in [1.29, 1.82) is 0 Å². The maximum atomic E-state index is 12.1. The van der Waals surface area contributed by atoms with E-state index in [9.17, 15) is 8.42 Å². The topological polar surface area (TPSA) is 39.1 Å². The quantitative estimate of drug-likeness (QED) is 0.744. The molecule has 2 aromatic carbocycles. The summed E-state index contributed by atoms with van der Waals surface area (Å²) in [7, 11) is -3.31. The van der Waals surface area contributed by atoms with Crippen LogP contribution in [0.2, 0.25) is 0 Å². The van der Waals surface area contributed by atoms with Gasteiger partial charge in [0.15, 0.2) is 0 Å². The molecule has 0 atom stereocenters.